The van der Waals surface area contributed by atoms with Crippen molar-refractivity contribution in [3.63, 3.8) is 0 Å². The molecule has 0 bridgehead atoms. The third kappa shape index (κ3) is 4.95. The minimum absolute atomic E-state index is 0.00844. The lowest BCUT2D eigenvalue weighted by atomic mass is 10.0. The van der Waals surface area contributed by atoms with E-state index >= 15 is 0 Å². The Bertz CT molecular complexity index is 1000. The molecular formula is C21H24N2O5S. The van der Waals surface area contributed by atoms with Crippen LogP contribution >= 0.6 is 0 Å². The summed E-state index contributed by atoms with van der Waals surface area (Å²) in [7, 11) is -2.03. The van der Waals surface area contributed by atoms with E-state index in [9.17, 15) is 18.0 Å². The van der Waals surface area contributed by atoms with Gasteiger partial charge >= 0.3 is 5.97 Å². The Labute approximate surface area is 170 Å². The van der Waals surface area contributed by atoms with Gasteiger partial charge in [-0.25, -0.2) is 8.42 Å². The van der Waals surface area contributed by atoms with Crippen LogP contribution in [-0.2, 0) is 19.6 Å². The Morgan fingerprint density at radius 2 is 1.90 bits per heavy atom. The number of esters is 1. The van der Waals surface area contributed by atoms with E-state index in [1.54, 1.807) is 24.3 Å². The number of ether oxygens (including phenoxy) is 1. The molecule has 0 aliphatic carbocycles. The second-order valence-corrected chi connectivity index (χ2v) is 9.02. The van der Waals surface area contributed by atoms with Crippen molar-refractivity contribution in [3.05, 3.63) is 65.2 Å². The van der Waals surface area contributed by atoms with Crippen molar-refractivity contribution in [2.24, 2.45) is 0 Å². The van der Waals surface area contributed by atoms with Crippen LogP contribution in [0.3, 0.4) is 0 Å². The first-order valence-corrected chi connectivity index (χ1v) is 11.0. The second kappa shape index (κ2) is 8.65. The lowest BCUT2D eigenvalue weighted by molar-refractivity contribution is -0.141. The summed E-state index contributed by atoms with van der Waals surface area (Å²) < 4.78 is 30.4. The number of nitrogens with zero attached hydrogens (tertiary/aromatic N) is 1. The van der Waals surface area contributed by atoms with Gasteiger partial charge in [-0.3, -0.25) is 13.9 Å². The highest BCUT2D eigenvalue weighted by molar-refractivity contribution is 7.93. The average molecular weight is 416 g/mol. The van der Waals surface area contributed by atoms with Crippen LogP contribution in [0, 0.1) is 6.92 Å². The summed E-state index contributed by atoms with van der Waals surface area (Å²) in [6, 6.07) is 13.5. The average Bonchev–Trinajstić information content (AvgIpc) is 3.07. The molecule has 1 atom stereocenters. The minimum Gasteiger partial charge on any atom is -0.469 e. The van der Waals surface area contributed by atoms with Gasteiger partial charge in [0, 0.05) is 12.1 Å². The van der Waals surface area contributed by atoms with Crippen molar-refractivity contribution in [1.82, 2.24) is 5.32 Å². The van der Waals surface area contributed by atoms with Crippen molar-refractivity contribution in [1.29, 1.82) is 0 Å². The summed E-state index contributed by atoms with van der Waals surface area (Å²) >= 11 is 0. The molecule has 29 heavy (non-hydrogen) atoms. The van der Waals surface area contributed by atoms with Crippen LogP contribution in [0.4, 0.5) is 5.69 Å². The fraction of sp³-hybridized carbons (Fsp3) is 0.333. The van der Waals surface area contributed by atoms with Gasteiger partial charge in [0.25, 0.3) is 5.91 Å². The van der Waals surface area contributed by atoms with Crippen molar-refractivity contribution in [2.75, 3.05) is 23.7 Å². The first-order valence-electron chi connectivity index (χ1n) is 9.35. The molecule has 1 amide bonds. The minimum atomic E-state index is -3.33. The number of benzene rings is 2. The van der Waals surface area contributed by atoms with E-state index in [1.807, 2.05) is 31.2 Å². The maximum absolute atomic E-state index is 12.9. The van der Waals surface area contributed by atoms with E-state index in [-0.39, 0.29) is 12.2 Å². The number of anilines is 1. The summed E-state index contributed by atoms with van der Waals surface area (Å²) in [4.78, 5) is 24.7. The molecule has 0 radical (unpaired) electrons. The number of carbonyl (C=O) groups is 2. The van der Waals surface area contributed by atoms with Gasteiger partial charge in [-0.1, -0.05) is 35.9 Å². The molecule has 0 saturated carbocycles. The molecule has 2 aromatic rings. The molecule has 1 fully saturated rings. The number of aryl methyl sites for hydroxylation is 1. The standard InChI is InChI=1S/C21H24N2O5S/c1-15-7-9-16(10-8-15)19(14-20(24)28-2)22-21(25)17-5-3-6-18(13-17)23-11-4-12-29(23,26)27/h3,5-10,13,19H,4,11-12,14H2,1-2H3,(H,22,25)/t19-/m0/s1. The van der Waals surface area contributed by atoms with Crippen molar-refractivity contribution in [3.8, 4) is 0 Å². The number of sulfonamides is 1. The van der Waals surface area contributed by atoms with E-state index in [4.69, 9.17) is 4.74 Å². The molecular weight excluding hydrogens is 392 g/mol. The van der Waals surface area contributed by atoms with Crippen molar-refractivity contribution < 1.29 is 22.7 Å². The number of methoxy groups -OCH3 is 1. The Balaban J connectivity index is 1.83. The summed E-state index contributed by atoms with van der Waals surface area (Å²) in [5.74, 6) is -0.719. The normalized spacial score (nSPS) is 16.3. The molecule has 1 aliphatic heterocycles. The van der Waals surface area contributed by atoms with Gasteiger partial charge in [-0.05, 0) is 37.1 Å². The maximum atomic E-state index is 12.9. The Morgan fingerprint density at radius 3 is 2.52 bits per heavy atom. The SMILES string of the molecule is COC(=O)C[C@H](NC(=O)c1cccc(N2CCCS2(=O)=O)c1)c1ccc(C)cc1. The molecule has 0 aromatic heterocycles. The van der Waals surface area contributed by atoms with E-state index in [0.29, 0.717) is 24.2 Å². The van der Waals surface area contributed by atoms with E-state index in [0.717, 1.165) is 11.1 Å². The molecule has 1 saturated heterocycles. The quantitative estimate of drug-likeness (QED) is 0.731. The number of hydrogen-bond donors (Lipinski definition) is 1. The predicted molar refractivity (Wildman–Crippen MR) is 110 cm³/mol. The first kappa shape index (κ1) is 20.9. The topological polar surface area (TPSA) is 92.8 Å². The highest BCUT2D eigenvalue weighted by Crippen LogP contribution is 2.25. The van der Waals surface area contributed by atoms with Gasteiger partial charge in [-0.2, -0.15) is 0 Å². The molecule has 0 unspecified atom stereocenters. The Morgan fingerprint density at radius 1 is 1.17 bits per heavy atom. The van der Waals surface area contributed by atoms with E-state index in [1.165, 1.54) is 11.4 Å². The fourth-order valence-corrected chi connectivity index (χ4v) is 4.83. The highest BCUT2D eigenvalue weighted by atomic mass is 32.2. The lowest BCUT2D eigenvalue weighted by Crippen LogP contribution is -2.31. The van der Waals surface area contributed by atoms with E-state index in [2.05, 4.69) is 5.32 Å². The van der Waals surface area contributed by atoms with Gasteiger partial charge in [0.2, 0.25) is 10.0 Å². The maximum Gasteiger partial charge on any atom is 0.307 e. The van der Waals surface area contributed by atoms with Crippen LogP contribution in [0.2, 0.25) is 0 Å². The summed E-state index contributed by atoms with van der Waals surface area (Å²) in [6.07, 6.45) is 0.554. The predicted octanol–water partition coefficient (Wildman–Crippen LogP) is 2.57. The Kier molecular flexibility index (Phi) is 6.22. The number of amides is 1. The molecule has 2 aromatic carbocycles. The zero-order chi connectivity index (χ0) is 21.0. The smallest absolute Gasteiger partial charge is 0.307 e. The number of rotatable bonds is 6. The van der Waals surface area contributed by atoms with Crippen LogP contribution < -0.4 is 9.62 Å². The largest absolute Gasteiger partial charge is 0.469 e. The summed E-state index contributed by atoms with van der Waals surface area (Å²) in [6.45, 7) is 2.36. The third-order valence-corrected chi connectivity index (χ3v) is 6.75. The molecule has 3 rings (SSSR count). The van der Waals surface area contributed by atoms with Crippen LogP contribution in [0.1, 0.15) is 40.4 Å². The van der Waals surface area contributed by atoms with Crippen LogP contribution in [0.5, 0.6) is 0 Å². The molecule has 1 aliphatic rings. The number of carbonyl (C=O) groups excluding carboxylic acids is 2. The highest BCUT2D eigenvalue weighted by Gasteiger charge is 2.29. The molecule has 0 spiro atoms. The molecule has 7 nitrogen and oxygen atoms in total. The van der Waals surface area contributed by atoms with Crippen molar-refractivity contribution >= 4 is 27.6 Å². The molecule has 154 valence electrons. The third-order valence-electron chi connectivity index (χ3n) is 4.88. The van der Waals surface area contributed by atoms with E-state index < -0.39 is 27.9 Å². The summed E-state index contributed by atoms with van der Waals surface area (Å²) in [5.41, 5.74) is 2.64. The summed E-state index contributed by atoms with van der Waals surface area (Å²) in [5, 5.41) is 2.87. The Hall–Kier alpha value is -2.87. The van der Waals surface area contributed by atoms with Crippen LogP contribution in [0.15, 0.2) is 48.5 Å². The van der Waals surface area contributed by atoms with Crippen molar-refractivity contribution in [2.45, 2.75) is 25.8 Å². The molecule has 1 N–H and O–H groups in total. The fourth-order valence-electron chi connectivity index (χ4n) is 3.27. The zero-order valence-corrected chi connectivity index (χ0v) is 17.2. The number of nitrogens with one attached hydrogen (secondary N) is 1. The second-order valence-electron chi connectivity index (χ2n) is 7.01. The number of hydrogen-bond acceptors (Lipinski definition) is 5. The van der Waals surface area contributed by atoms with Gasteiger partial charge in [-0.15, -0.1) is 0 Å². The molecule has 8 heteroatoms. The van der Waals surface area contributed by atoms with Crippen LogP contribution in [-0.4, -0.2) is 39.7 Å². The van der Waals surface area contributed by atoms with Gasteiger partial charge in [0.15, 0.2) is 0 Å². The van der Waals surface area contributed by atoms with Gasteiger partial charge < -0.3 is 10.1 Å². The van der Waals surface area contributed by atoms with Crippen LogP contribution in [0.25, 0.3) is 0 Å². The van der Waals surface area contributed by atoms with Gasteiger partial charge in [0.05, 0.1) is 31.0 Å². The first-order chi connectivity index (χ1) is 13.8. The monoisotopic (exact) mass is 416 g/mol. The van der Waals surface area contributed by atoms with Gasteiger partial charge in [0.1, 0.15) is 0 Å². The zero-order valence-electron chi connectivity index (χ0n) is 16.4. The lowest BCUT2D eigenvalue weighted by Gasteiger charge is -2.20. The molecule has 1 heterocycles.